The molecule has 3 aromatic rings. The van der Waals surface area contributed by atoms with E-state index in [1.807, 2.05) is 18.5 Å². The van der Waals surface area contributed by atoms with Crippen LogP contribution in [0.4, 0.5) is 11.4 Å². The highest BCUT2D eigenvalue weighted by molar-refractivity contribution is 5.82. The number of rotatable bonds is 4. The van der Waals surface area contributed by atoms with Crippen molar-refractivity contribution in [3.05, 3.63) is 66.5 Å². The Morgan fingerprint density at radius 1 is 1.00 bits per heavy atom. The van der Waals surface area contributed by atoms with Crippen LogP contribution in [-0.4, -0.2) is 19.1 Å². The molecule has 1 aromatic heterocycles. The Hall–Kier alpha value is -2.55. The van der Waals surface area contributed by atoms with Crippen LogP contribution in [0.15, 0.2) is 60.9 Å². The van der Waals surface area contributed by atoms with E-state index in [0.29, 0.717) is 0 Å². The van der Waals surface area contributed by atoms with Gasteiger partial charge in [0, 0.05) is 38.4 Å². The molecule has 0 fully saturated rings. The number of pyridine rings is 1. The monoisotopic (exact) mass is 277 g/mol. The molecule has 0 bridgehead atoms. The first-order valence-electron chi connectivity index (χ1n) is 7.07. The summed E-state index contributed by atoms with van der Waals surface area (Å²) in [6.45, 7) is 0.809. The number of nitrogens with zero attached hydrogens (tertiary/aromatic N) is 2. The number of fused-ring (bicyclic) bond motifs is 1. The maximum Gasteiger partial charge on any atom is 0.0596 e. The minimum absolute atomic E-state index is 0.809. The van der Waals surface area contributed by atoms with Gasteiger partial charge in [-0.15, -0.1) is 0 Å². The molecule has 3 nitrogen and oxygen atoms in total. The maximum absolute atomic E-state index is 4.15. The first-order valence-corrected chi connectivity index (χ1v) is 7.07. The molecule has 1 heterocycles. The van der Waals surface area contributed by atoms with Crippen LogP contribution in [-0.2, 0) is 6.54 Å². The fourth-order valence-corrected chi connectivity index (χ4v) is 2.45. The fourth-order valence-electron chi connectivity index (χ4n) is 2.45. The lowest BCUT2D eigenvalue weighted by molar-refractivity contribution is 1.10. The van der Waals surface area contributed by atoms with Gasteiger partial charge in [-0.1, -0.05) is 24.3 Å². The van der Waals surface area contributed by atoms with E-state index >= 15 is 0 Å². The van der Waals surface area contributed by atoms with Gasteiger partial charge in [0.2, 0.25) is 0 Å². The minimum Gasteiger partial charge on any atom is -0.379 e. The number of hydrogen-bond donors (Lipinski definition) is 1. The fraction of sp³-hybridized carbons (Fsp3) is 0.167. The van der Waals surface area contributed by atoms with Crippen LogP contribution in [0.25, 0.3) is 10.8 Å². The number of benzene rings is 2. The first-order chi connectivity index (χ1) is 10.2. The molecule has 0 saturated carbocycles. The molecular weight excluding hydrogens is 258 g/mol. The van der Waals surface area contributed by atoms with E-state index in [4.69, 9.17) is 0 Å². The average molecular weight is 277 g/mol. The second kappa shape index (κ2) is 5.83. The van der Waals surface area contributed by atoms with Gasteiger partial charge in [-0.3, -0.25) is 4.98 Å². The maximum atomic E-state index is 4.15. The van der Waals surface area contributed by atoms with E-state index in [1.165, 1.54) is 22.0 Å². The predicted molar refractivity (Wildman–Crippen MR) is 89.8 cm³/mol. The van der Waals surface area contributed by atoms with Gasteiger partial charge in [0.25, 0.3) is 0 Å². The molecule has 106 valence electrons. The molecule has 3 heteroatoms. The highest BCUT2D eigenvalue weighted by Gasteiger charge is 2.03. The lowest BCUT2D eigenvalue weighted by atomic mass is 10.1. The Balaban J connectivity index is 1.80. The van der Waals surface area contributed by atoms with Crippen LogP contribution in [0.5, 0.6) is 0 Å². The number of anilines is 2. The van der Waals surface area contributed by atoms with E-state index in [1.54, 1.807) is 0 Å². The lowest BCUT2D eigenvalue weighted by Crippen LogP contribution is -2.12. The average Bonchev–Trinajstić information content (AvgIpc) is 2.53. The summed E-state index contributed by atoms with van der Waals surface area (Å²) in [5.74, 6) is 0. The number of nitrogens with one attached hydrogen (secondary N) is 1. The molecule has 0 amide bonds. The zero-order valence-corrected chi connectivity index (χ0v) is 12.4. The molecule has 0 aliphatic rings. The van der Waals surface area contributed by atoms with Crippen LogP contribution in [0, 0.1) is 0 Å². The van der Waals surface area contributed by atoms with Gasteiger partial charge in [-0.05, 0) is 35.2 Å². The molecule has 0 unspecified atom stereocenters. The molecule has 1 N–H and O–H groups in total. The minimum atomic E-state index is 0.809. The van der Waals surface area contributed by atoms with Crippen molar-refractivity contribution in [2.24, 2.45) is 0 Å². The summed E-state index contributed by atoms with van der Waals surface area (Å²) in [4.78, 5) is 6.27. The molecule has 0 saturated heterocycles. The van der Waals surface area contributed by atoms with E-state index in [0.717, 1.165) is 12.2 Å². The highest BCUT2D eigenvalue weighted by Crippen LogP contribution is 2.24. The molecule has 3 rings (SSSR count). The zero-order chi connectivity index (χ0) is 14.7. The highest BCUT2D eigenvalue weighted by atomic mass is 15.1. The largest absolute Gasteiger partial charge is 0.379 e. The van der Waals surface area contributed by atoms with Crippen molar-refractivity contribution < 1.29 is 0 Å². The van der Waals surface area contributed by atoms with E-state index < -0.39 is 0 Å². The Kier molecular flexibility index (Phi) is 3.73. The Morgan fingerprint density at radius 3 is 2.71 bits per heavy atom. The summed E-state index contributed by atoms with van der Waals surface area (Å²) < 4.78 is 0. The van der Waals surface area contributed by atoms with Gasteiger partial charge in [0.05, 0.1) is 11.4 Å². The molecule has 0 aliphatic heterocycles. The molecule has 0 aliphatic carbocycles. The Labute approximate surface area is 125 Å². The van der Waals surface area contributed by atoms with Crippen LogP contribution < -0.4 is 10.2 Å². The summed E-state index contributed by atoms with van der Waals surface area (Å²) in [5, 5.41) is 5.92. The molecule has 0 spiro atoms. The third-order valence-electron chi connectivity index (χ3n) is 3.57. The first kappa shape index (κ1) is 13.4. The van der Waals surface area contributed by atoms with Crippen molar-refractivity contribution in [2.75, 3.05) is 24.3 Å². The van der Waals surface area contributed by atoms with Crippen molar-refractivity contribution in [3.8, 4) is 0 Å². The normalized spacial score (nSPS) is 10.6. The zero-order valence-electron chi connectivity index (χ0n) is 12.4. The van der Waals surface area contributed by atoms with Crippen LogP contribution in [0.3, 0.4) is 0 Å². The Bertz CT molecular complexity index is 750. The van der Waals surface area contributed by atoms with E-state index in [2.05, 4.69) is 71.8 Å². The van der Waals surface area contributed by atoms with Crippen molar-refractivity contribution in [2.45, 2.75) is 6.54 Å². The summed E-state index contributed by atoms with van der Waals surface area (Å²) in [7, 11) is 4.12. The summed E-state index contributed by atoms with van der Waals surface area (Å²) in [5.41, 5.74) is 3.61. The predicted octanol–water partition coefficient (Wildman–Crippen LogP) is 3.91. The molecule has 21 heavy (non-hydrogen) atoms. The summed E-state index contributed by atoms with van der Waals surface area (Å²) in [6, 6.07) is 16.9. The number of aromatic nitrogens is 1. The van der Waals surface area contributed by atoms with Gasteiger partial charge in [-0.25, -0.2) is 0 Å². The third-order valence-corrected chi connectivity index (χ3v) is 3.57. The van der Waals surface area contributed by atoms with Crippen molar-refractivity contribution in [1.29, 1.82) is 0 Å². The van der Waals surface area contributed by atoms with Crippen molar-refractivity contribution >= 4 is 22.1 Å². The SMILES string of the molecule is CN(C)c1ccccc1NCc1ccc2cnccc2c1. The number of hydrogen-bond acceptors (Lipinski definition) is 3. The standard InChI is InChI=1S/C18H19N3/c1-21(2)18-6-4-3-5-17(18)20-12-14-7-8-16-13-19-10-9-15(16)11-14/h3-11,13,20H,12H2,1-2H3. The van der Waals surface area contributed by atoms with Gasteiger partial charge < -0.3 is 10.2 Å². The molecular formula is C18H19N3. The second-order valence-corrected chi connectivity index (χ2v) is 5.32. The van der Waals surface area contributed by atoms with Crippen LogP contribution >= 0.6 is 0 Å². The third kappa shape index (κ3) is 2.97. The summed E-state index contributed by atoms with van der Waals surface area (Å²) in [6.07, 6.45) is 3.73. The van der Waals surface area contributed by atoms with Gasteiger partial charge >= 0.3 is 0 Å². The van der Waals surface area contributed by atoms with Crippen LogP contribution in [0.2, 0.25) is 0 Å². The lowest BCUT2D eigenvalue weighted by Gasteiger charge is -2.18. The second-order valence-electron chi connectivity index (χ2n) is 5.32. The van der Waals surface area contributed by atoms with Gasteiger partial charge in [0.15, 0.2) is 0 Å². The molecule has 2 aromatic carbocycles. The smallest absolute Gasteiger partial charge is 0.0596 e. The van der Waals surface area contributed by atoms with E-state index in [-0.39, 0.29) is 0 Å². The summed E-state index contributed by atoms with van der Waals surface area (Å²) >= 11 is 0. The van der Waals surface area contributed by atoms with Crippen molar-refractivity contribution in [3.63, 3.8) is 0 Å². The molecule has 0 atom stereocenters. The van der Waals surface area contributed by atoms with E-state index in [9.17, 15) is 0 Å². The topological polar surface area (TPSA) is 28.2 Å². The van der Waals surface area contributed by atoms with Crippen LogP contribution in [0.1, 0.15) is 5.56 Å². The van der Waals surface area contributed by atoms with Crippen molar-refractivity contribution in [1.82, 2.24) is 4.98 Å². The quantitative estimate of drug-likeness (QED) is 0.783. The Morgan fingerprint density at radius 2 is 1.86 bits per heavy atom. The van der Waals surface area contributed by atoms with Gasteiger partial charge in [-0.2, -0.15) is 0 Å². The van der Waals surface area contributed by atoms with Gasteiger partial charge in [0.1, 0.15) is 0 Å². The number of para-hydroxylation sites is 2. The molecule has 0 radical (unpaired) electrons.